The minimum atomic E-state index is -1.80. The number of nitrogens with zero attached hydrogens (tertiary/aromatic N) is 1. The van der Waals surface area contributed by atoms with E-state index in [0.717, 1.165) is 11.1 Å². The summed E-state index contributed by atoms with van der Waals surface area (Å²) < 4.78 is 10.4. The lowest BCUT2D eigenvalue weighted by atomic mass is 9.64. The number of esters is 1. The maximum Gasteiger partial charge on any atom is 0.323 e. The molecule has 1 amide bonds. The zero-order valence-electron chi connectivity index (χ0n) is 15.0. The molecule has 1 aliphatic heterocycles. The quantitative estimate of drug-likeness (QED) is 0.359. The van der Waals surface area contributed by atoms with Crippen LogP contribution in [0.5, 0.6) is 0 Å². The van der Waals surface area contributed by atoms with Crippen molar-refractivity contribution in [1.29, 1.82) is 0 Å². The molecule has 8 nitrogen and oxygen atoms in total. The normalized spacial score (nSPS) is 22.9. The van der Waals surface area contributed by atoms with Crippen molar-refractivity contribution in [3.8, 4) is 0 Å². The van der Waals surface area contributed by atoms with Crippen molar-refractivity contribution in [2.75, 3.05) is 20.2 Å². The Morgan fingerprint density at radius 2 is 2.11 bits per heavy atom. The maximum absolute atomic E-state index is 13.0. The van der Waals surface area contributed by atoms with Gasteiger partial charge in [0.25, 0.3) is 0 Å². The molecule has 1 fully saturated rings. The minimum absolute atomic E-state index is 0.173. The molecule has 0 bridgehead atoms. The highest BCUT2D eigenvalue weighted by Crippen LogP contribution is 2.51. The molecule has 142 valence electrons. The van der Waals surface area contributed by atoms with Crippen LogP contribution in [-0.4, -0.2) is 37.0 Å². The van der Waals surface area contributed by atoms with Crippen molar-refractivity contribution in [3.05, 3.63) is 69.7 Å². The number of benzene rings is 1. The third kappa shape index (κ3) is 3.07. The number of nitro groups is 1. The van der Waals surface area contributed by atoms with Gasteiger partial charge in [0.15, 0.2) is 5.41 Å². The van der Waals surface area contributed by atoms with Gasteiger partial charge in [0, 0.05) is 17.4 Å². The average Bonchev–Trinajstić information content (AvgIpc) is 3.28. The summed E-state index contributed by atoms with van der Waals surface area (Å²) in [6.45, 7) is 1.46. The molecule has 2 aromatic rings. The van der Waals surface area contributed by atoms with Crippen molar-refractivity contribution in [2.24, 2.45) is 5.41 Å². The first kappa shape index (κ1) is 18.6. The lowest BCUT2D eigenvalue weighted by Crippen LogP contribution is -2.49. The van der Waals surface area contributed by atoms with Crippen LogP contribution in [0.15, 0.2) is 47.1 Å². The number of furan rings is 1. The van der Waals surface area contributed by atoms with E-state index < -0.39 is 40.6 Å². The van der Waals surface area contributed by atoms with Crippen molar-refractivity contribution in [1.82, 2.24) is 5.32 Å². The van der Waals surface area contributed by atoms with Gasteiger partial charge in [-0.25, -0.2) is 0 Å². The number of carbonyl (C=O) groups excluding carboxylic acids is 2. The molecule has 0 spiro atoms. The molecule has 1 aromatic carbocycles. The van der Waals surface area contributed by atoms with Crippen LogP contribution >= 0.6 is 0 Å². The van der Waals surface area contributed by atoms with Gasteiger partial charge < -0.3 is 14.5 Å². The van der Waals surface area contributed by atoms with Gasteiger partial charge >= 0.3 is 5.97 Å². The van der Waals surface area contributed by atoms with Crippen LogP contribution in [0, 0.1) is 22.5 Å². The highest BCUT2D eigenvalue weighted by molar-refractivity contribution is 6.06. The van der Waals surface area contributed by atoms with Crippen molar-refractivity contribution < 1.29 is 23.7 Å². The molecule has 3 rings (SSSR count). The first-order valence-electron chi connectivity index (χ1n) is 8.49. The Bertz CT molecular complexity index is 846. The Balaban J connectivity index is 2.21. The van der Waals surface area contributed by atoms with E-state index in [-0.39, 0.29) is 12.3 Å². The highest BCUT2D eigenvalue weighted by atomic mass is 16.6. The number of hydrogen-bond acceptors (Lipinski definition) is 6. The molecule has 0 saturated carbocycles. The number of methoxy groups -OCH3 is 1. The molecule has 0 aliphatic carbocycles. The third-order valence-electron chi connectivity index (χ3n) is 5.16. The average molecular weight is 372 g/mol. The molecule has 2 heterocycles. The van der Waals surface area contributed by atoms with Crippen LogP contribution in [0.2, 0.25) is 0 Å². The topological polar surface area (TPSA) is 112 Å². The van der Waals surface area contributed by atoms with Crippen LogP contribution in [0.4, 0.5) is 0 Å². The van der Waals surface area contributed by atoms with E-state index in [0.29, 0.717) is 0 Å². The van der Waals surface area contributed by atoms with Crippen LogP contribution in [-0.2, 0) is 14.3 Å². The molecule has 8 heteroatoms. The van der Waals surface area contributed by atoms with Crippen molar-refractivity contribution >= 4 is 11.9 Å². The van der Waals surface area contributed by atoms with E-state index in [2.05, 4.69) is 5.32 Å². The van der Waals surface area contributed by atoms with Gasteiger partial charge in [0.1, 0.15) is 11.7 Å². The van der Waals surface area contributed by atoms with Crippen LogP contribution in [0.1, 0.15) is 28.7 Å². The van der Waals surface area contributed by atoms with Crippen LogP contribution in [0.3, 0.4) is 0 Å². The molecular formula is C19H20N2O6. The summed E-state index contributed by atoms with van der Waals surface area (Å²) in [5.74, 6) is -2.95. The largest absolute Gasteiger partial charge is 0.469 e. The summed E-state index contributed by atoms with van der Waals surface area (Å²) in [7, 11) is 1.17. The monoisotopic (exact) mass is 372 g/mol. The number of carbonyl (C=O) groups is 2. The molecule has 1 saturated heterocycles. The number of ether oxygens (including phenoxy) is 1. The Morgan fingerprint density at radius 3 is 2.67 bits per heavy atom. The molecule has 1 aromatic heterocycles. The van der Waals surface area contributed by atoms with Crippen LogP contribution < -0.4 is 5.32 Å². The fraction of sp³-hybridized carbons (Fsp3) is 0.368. The fourth-order valence-corrected chi connectivity index (χ4v) is 3.88. The fourth-order valence-electron chi connectivity index (χ4n) is 3.88. The van der Waals surface area contributed by atoms with Crippen molar-refractivity contribution in [3.63, 3.8) is 0 Å². The van der Waals surface area contributed by atoms with Gasteiger partial charge in [-0.2, -0.15) is 0 Å². The summed E-state index contributed by atoms with van der Waals surface area (Å²) in [6, 6.07) is 10.5. The van der Waals surface area contributed by atoms with Gasteiger partial charge in [-0.3, -0.25) is 19.7 Å². The molecule has 0 unspecified atom stereocenters. The Kier molecular flexibility index (Phi) is 4.98. The van der Waals surface area contributed by atoms with Gasteiger partial charge in [-0.1, -0.05) is 29.8 Å². The van der Waals surface area contributed by atoms with Gasteiger partial charge in [0.05, 0.1) is 13.4 Å². The number of nitrogens with one attached hydrogen (secondary N) is 1. The summed E-state index contributed by atoms with van der Waals surface area (Å²) in [4.78, 5) is 36.8. The Morgan fingerprint density at radius 1 is 1.41 bits per heavy atom. The molecule has 0 radical (unpaired) electrons. The number of aryl methyl sites for hydroxylation is 1. The zero-order chi connectivity index (χ0) is 19.6. The maximum atomic E-state index is 13.0. The molecule has 1 aliphatic rings. The van der Waals surface area contributed by atoms with E-state index in [4.69, 9.17) is 9.15 Å². The van der Waals surface area contributed by atoms with E-state index in [9.17, 15) is 19.7 Å². The SMILES string of the molecule is COC(=O)[C@@]1([C@H](C[N+](=O)[O-])c2ccco2)C(=O)NC[C@@H]1c1ccc(C)cc1. The zero-order valence-corrected chi connectivity index (χ0v) is 15.0. The third-order valence-corrected chi connectivity index (χ3v) is 5.16. The summed E-state index contributed by atoms with van der Waals surface area (Å²) in [6.07, 6.45) is 1.36. The molecule has 3 atom stereocenters. The van der Waals surface area contributed by atoms with Gasteiger partial charge in [0.2, 0.25) is 12.5 Å². The Hall–Kier alpha value is -3.16. The highest BCUT2D eigenvalue weighted by Gasteiger charge is 2.64. The van der Waals surface area contributed by atoms with Crippen LogP contribution in [0.25, 0.3) is 0 Å². The predicted octanol–water partition coefficient (Wildman–Crippen LogP) is 2.02. The standard InChI is InChI=1S/C19H20N2O6/c1-12-5-7-13(8-6-12)14-10-20-17(22)19(14,18(23)26-2)15(11-21(24)25)16-4-3-9-27-16/h3-9,14-15H,10-11H2,1-2H3,(H,20,22)/t14-,15-,19+/m1/s1. The second-order valence-electron chi connectivity index (χ2n) is 6.62. The van der Waals surface area contributed by atoms with Gasteiger partial charge in [-0.15, -0.1) is 0 Å². The van der Waals surface area contributed by atoms with Gasteiger partial charge in [-0.05, 0) is 24.6 Å². The van der Waals surface area contributed by atoms with Crippen molar-refractivity contribution in [2.45, 2.75) is 18.8 Å². The first-order chi connectivity index (χ1) is 12.9. The van der Waals surface area contributed by atoms with E-state index in [1.54, 1.807) is 6.07 Å². The summed E-state index contributed by atoms with van der Waals surface area (Å²) >= 11 is 0. The van der Waals surface area contributed by atoms with E-state index >= 15 is 0 Å². The lowest BCUT2D eigenvalue weighted by Gasteiger charge is -2.34. The number of hydrogen-bond donors (Lipinski definition) is 1. The number of amides is 1. The van der Waals surface area contributed by atoms with E-state index in [1.807, 2.05) is 31.2 Å². The first-order valence-corrected chi connectivity index (χ1v) is 8.49. The molecular weight excluding hydrogens is 352 g/mol. The lowest BCUT2D eigenvalue weighted by molar-refractivity contribution is -0.486. The summed E-state index contributed by atoms with van der Waals surface area (Å²) in [5.41, 5.74) is -0.0496. The van der Waals surface area contributed by atoms with E-state index in [1.165, 1.54) is 19.4 Å². The number of rotatable bonds is 6. The smallest absolute Gasteiger partial charge is 0.323 e. The summed E-state index contributed by atoms with van der Waals surface area (Å²) in [5, 5.41) is 14.1. The second kappa shape index (κ2) is 7.22. The molecule has 27 heavy (non-hydrogen) atoms. The molecule has 1 N–H and O–H groups in total. The predicted molar refractivity (Wildman–Crippen MR) is 94.7 cm³/mol. The Labute approximate surface area is 155 Å². The minimum Gasteiger partial charge on any atom is -0.469 e. The second-order valence-corrected chi connectivity index (χ2v) is 6.62.